The summed E-state index contributed by atoms with van der Waals surface area (Å²) in [5.41, 5.74) is 3.00. The lowest BCUT2D eigenvalue weighted by atomic mass is 10.2. The van der Waals surface area contributed by atoms with Gasteiger partial charge in [-0.1, -0.05) is 35.4 Å². The van der Waals surface area contributed by atoms with Gasteiger partial charge in [-0.25, -0.2) is 13.1 Å². The monoisotopic (exact) mass is 366 g/mol. The van der Waals surface area contributed by atoms with Crippen molar-refractivity contribution in [1.82, 2.24) is 4.72 Å². The van der Waals surface area contributed by atoms with Gasteiger partial charge in [0.05, 0.1) is 11.4 Å². The van der Waals surface area contributed by atoms with Crippen molar-refractivity contribution in [3.05, 3.63) is 58.1 Å². The second-order valence-electron chi connectivity index (χ2n) is 5.60. The molecule has 0 aliphatic rings. The van der Waals surface area contributed by atoms with Crippen LogP contribution in [0.3, 0.4) is 0 Å². The molecule has 1 amide bonds. The molecule has 0 aliphatic carbocycles. The number of carbonyl (C=O) groups excluding carboxylic acids is 1. The quantitative estimate of drug-likeness (QED) is 0.853. The van der Waals surface area contributed by atoms with E-state index in [1.54, 1.807) is 37.3 Å². The SMILES string of the molecule is Cc1ccc(S(=O)(=O)NCC(=O)Nc2cc(Cl)ccc2C)c(C)c1. The maximum Gasteiger partial charge on any atom is 0.241 e. The third-order valence-corrected chi connectivity index (χ3v) is 5.31. The molecular weight excluding hydrogens is 348 g/mol. The van der Waals surface area contributed by atoms with Crippen LogP contribution in [0.2, 0.25) is 5.02 Å². The minimum atomic E-state index is -3.75. The molecule has 2 rings (SSSR count). The number of hydrogen-bond acceptors (Lipinski definition) is 3. The fourth-order valence-corrected chi connectivity index (χ4v) is 3.64. The highest BCUT2D eigenvalue weighted by Crippen LogP contribution is 2.20. The highest BCUT2D eigenvalue weighted by atomic mass is 35.5. The maximum absolute atomic E-state index is 12.3. The fraction of sp³-hybridized carbons (Fsp3) is 0.235. The predicted molar refractivity (Wildman–Crippen MR) is 95.9 cm³/mol. The standard InChI is InChI=1S/C17H19ClN2O3S/c1-11-4-7-16(13(3)8-11)24(22,23)19-10-17(21)20-15-9-14(18)6-5-12(15)2/h4-9,19H,10H2,1-3H3,(H,20,21). The molecule has 0 spiro atoms. The maximum atomic E-state index is 12.3. The molecule has 0 saturated heterocycles. The third kappa shape index (κ3) is 4.56. The van der Waals surface area contributed by atoms with E-state index in [0.717, 1.165) is 11.1 Å². The number of anilines is 1. The summed E-state index contributed by atoms with van der Waals surface area (Å²) in [4.78, 5) is 12.2. The lowest BCUT2D eigenvalue weighted by Gasteiger charge is -2.11. The zero-order valence-electron chi connectivity index (χ0n) is 13.7. The van der Waals surface area contributed by atoms with Gasteiger partial charge in [0.15, 0.2) is 0 Å². The summed E-state index contributed by atoms with van der Waals surface area (Å²) in [7, 11) is -3.75. The minimum absolute atomic E-state index is 0.167. The molecule has 2 N–H and O–H groups in total. The largest absolute Gasteiger partial charge is 0.325 e. The van der Waals surface area contributed by atoms with E-state index in [0.29, 0.717) is 16.3 Å². The topological polar surface area (TPSA) is 75.3 Å². The van der Waals surface area contributed by atoms with Crippen LogP contribution in [-0.4, -0.2) is 20.9 Å². The highest BCUT2D eigenvalue weighted by Gasteiger charge is 2.18. The number of amides is 1. The Labute approximate surface area is 147 Å². The van der Waals surface area contributed by atoms with E-state index in [1.165, 1.54) is 6.07 Å². The lowest BCUT2D eigenvalue weighted by Crippen LogP contribution is -2.33. The van der Waals surface area contributed by atoms with Crippen molar-refractivity contribution >= 4 is 33.2 Å². The third-order valence-electron chi connectivity index (χ3n) is 3.52. The summed E-state index contributed by atoms with van der Waals surface area (Å²) < 4.78 is 27.0. The van der Waals surface area contributed by atoms with Crippen molar-refractivity contribution in [2.24, 2.45) is 0 Å². The molecule has 2 aromatic rings. The predicted octanol–water partition coefficient (Wildman–Crippen LogP) is 3.18. The van der Waals surface area contributed by atoms with Crippen molar-refractivity contribution in [3.8, 4) is 0 Å². The number of benzene rings is 2. The van der Waals surface area contributed by atoms with Crippen LogP contribution in [-0.2, 0) is 14.8 Å². The zero-order valence-corrected chi connectivity index (χ0v) is 15.3. The Hall–Kier alpha value is -1.89. The van der Waals surface area contributed by atoms with Gasteiger partial charge in [-0.3, -0.25) is 4.79 Å². The van der Waals surface area contributed by atoms with Crippen molar-refractivity contribution in [2.75, 3.05) is 11.9 Å². The Morgan fingerprint density at radius 1 is 1.04 bits per heavy atom. The van der Waals surface area contributed by atoms with E-state index in [-0.39, 0.29) is 11.4 Å². The molecule has 0 heterocycles. The number of hydrogen-bond donors (Lipinski definition) is 2. The van der Waals surface area contributed by atoms with Gasteiger partial charge in [0.2, 0.25) is 15.9 Å². The first kappa shape index (κ1) is 18.4. The normalized spacial score (nSPS) is 11.3. The van der Waals surface area contributed by atoms with Gasteiger partial charge in [0.25, 0.3) is 0 Å². The zero-order chi connectivity index (χ0) is 17.9. The number of nitrogens with one attached hydrogen (secondary N) is 2. The Morgan fingerprint density at radius 2 is 1.75 bits per heavy atom. The van der Waals surface area contributed by atoms with E-state index >= 15 is 0 Å². The average Bonchev–Trinajstić information content (AvgIpc) is 2.49. The van der Waals surface area contributed by atoms with Crippen LogP contribution in [0.25, 0.3) is 0 Å². The molecule has 24 heavy (non-hydrogen) atoms. The second kappa shape index (κ2) is 7.34. The smallest absolute Gasteiger partial charge is 0.241 e. The van der Waals surface area contributed by atoms with E-state index in [1.807, 2.05) is 13.8 Å². The first-order valence-corrected chi connectivity index (χ1v) is 9.18. The first-order chi connectivity index (χ1) is 11.2. The molecular formula is C17H19ClN2O3S. The number of carbonyl (C=O) groups is 1. The Kier molecular flexibility index (Phi) is 5.64. The molecule has 5 nitrogen and oxygen atoms in total. The van der Waals surface area contributed by atoms with E-state index in [4.69, 9.17) is 11.6 Å². The van der Waals surface area contributed by atoms with Crippen molar-refractivity contribution in [2.45, 2.75) is 25.7 Å². The molecule has 0 aromatic heterocycles. The van der Waals surface area contributed by atoms with Crippen LogP contribution < -0.4 is 10.0 Å². The number of aryl methyl sites for hydroxylation is 3. The summed E-state index contributed by atoms with van der Waals surface area (Å²) >= 11 is 5.90. The minimum Gasteiger partial charge on any atom is -0.325 e. The molecule has 0 unspecified atom stereocenters. The van der Waals surface area contributed by atoms with Crippen molar-refractivity contribution in [1.29, 1.82) is 0 Å². The lowest BCUT2D eigenvalue weighted by molar-refractivity contribution is -0.115. The number of sulfonamides is 1. The Balaban J connectivity index is 2.06. The molecule has 128 valence electrons. The van der Waals surface area contributed by atoms with Gasteiger partial charge in [-0.05, 0) is 50.1 Å². The van der Waals surface area contributed by atoms with Gasteiger partial charge in [0, 0.05) is 10.7 Å². The fourth-order valence-electron chi connectivity index (χ4n) is 2.26. The summed E-state index contributed by atoms with van der Waals surface area (Å²) in [6.07, 6.45) is 0. The van der Waals surface area contributed by atoms with Crippen LogP contribution in [0.4, 0.5) is 5.69 Å². The second-order valence-corrected chi connectivity index (χ2v) is 7.77. The van der Waals surface area contributed by atoms with Gasteiger partial charge in [0.1, 0.15) is 0 Å². The Morgan fingerprint density at radius 3 is 2.42 bits per heavy atom. The Bertz CT molecular complexity index is 879. The summed E-state index contributed by atoms with van der Waals surface area (Å²) in [5.74, 6) is -0.464. The number of rotatable bonds is 5. The summed E-state index contributed by atoms with van der Waals surface area (Å²) in [5, 5.41) is 3.14. The molecule has 0 aliphatic heterocycles. The van der Waals surface area contributed by atoms with Gasteiger partial charge < -0.3 is 5.32 Å². The molecule has 0 atom stereocenters. The van der Waals surface area contributed by atoms with Crippen LogP contribution in [0.5, 0.6) is 0 Å². The highest BCUT2D eigenvalue weighted by molar-refractivity contribution is 7.89. The van der Waals surface area contributed by atoms with E-state index in [9.17, 15) is 13.2 Å². The van der Waals surface area contributed by atoms with Crippen LogP contribution in [0.1, 0.15) is 16.7 Å². The van der Waals surface area contributed by atoms with E-state index < -0.39 is 15.9 Å². The first-order valence-electron chi connectivity index (χ1n) is 7.32. The molecule has 2 aromatic carbocycles. The molecule has 0 radical (unpaired) electrons. The van der Waals surface area contributed by atoms with Crippen LogP contribution >= 0.6 is 11.6 Å². The molecule has 7 heteroatoms. The van der Waals surface area contributed by atoms with Gasteiger partial charge >= 0.3 is 0 Å². The molecule has 0 fully saturated rings. The number of halogens is 1. The summed E-state index contributed by atoms with van der Waals surface area (Å²) in [6.45, 7) is 5.07. The van der Waals surface area contributed by atoms with Crippen LogP contribution in [0.15, 0.2) is 41.3 Å². The average molecular weight is 367 g/mol. The van der Waals surface area contributed by atoms with Crippen LogP contribution in [0, 0.1) is 20.8 Å². The summed E-state index contributed by atoms with van der Waals surface area (Å²) in [6, 6.07) is 10.1. The molecule has 0 bridgehead atoms. The van der Waals surface area contributed by atoms with E-state index in [2.05, 4.69) is 10.0 Å². The van der Waals surface area contributed by atoms with Crippen molar-refractivity contribution in [3.63, 3.8) is 0 Å². The van der Waals surface area contributed by atoms with Gasteiger partial charge in [-0.15, -0.1) is 0 Å². The van der Waals surface area contributed by atoms with Crippen molar-refractivity contribution < 1.29 is 13.2 Å². The molecule has 0 saturated carbocycles. The van der Waals surface area contributed by atoms with Gasteiger partial charge in [-0.2, -0.15) is 0 Å².